The zero-order chi connectivity index (χ0) is 15.6. The van der Waals surface area contributed by atoms with Gasteiger partial charge in [-0.1, -0.05) is 18.2 Å². The van der Waals surface area contributed by atoms with Gasteiger partial charge in [0.15, 0.2) is 6.23 Å². The Morgan fingerprint density at radius 3 is 2.71 bits per heavy atom. The lowest BCUT2D eigenvalue weighted by Gasteiger charge is -2.16. The van der Waals surface area contributed by atoms with Gasteiger partial charge in [-0.3, -0.25) is 5.73 Å². The molecule has 0 fully saturated rings. The number of esters is 1. The third-order valence-corrected chi connectivity index (χ3v) is 2.78. The number of nitrogens with two attached hydrogens (primary N) is 1. The molecule has 0 saturated carbocycles. The van der Waals surface area contributed by atoms with Crippen LogP contribution in [0.25, 0.3) is 10.9 Å². The summed E-state index contributed by atoms with van der Waals surface area (Å²) in [5.74, 6) is -2.36. The van der Waals surface area contributed by atoms with E-state index in [9.17, 15) is 18.0 Å². The molecular weight excluding hydrogens is 287 g/mol. The molecule has 5 nitrogen and oxygen atoms in total. The van der Waals surface area contributed by atoms with Gasteiger partial charge in [0.05, 0.1) is 6.54 Å². The Bertz CT molecular complexity index is 716. The summed E-state index contributed by atoms with van der Waals surface area (Å²) in [5.41, 5.74) is 6.24. The van der Waals surface area contributed by atoms with Crippen LogP contribution < -0.4 is 5.73 Å². The molecule has 8 heteroatoms. The highest BCUT2D eigenvalue weighted by molar-refractivity contribution is 5.82. The summed E-state index contributed by atoms with van der Waals surface area (Å²) >= 11 is 0. The Labute approximate surface area is 117 Å². The molecule has 1 unspecified atom stereocenters. The second-order valence-electron chi connectivity index (χ2n) is 4.25. The molecule has 0 bridgehead atoms. The van der Waals surface area contributed by atoms with Crippen molar-refractivity contribution in [3.63, 3.8) is 0 Å². The molecule has 0 aliphatic heterocycles. The Hall–Kier alpha value is -2.53. The van der Waals surface area contributed by atoms with E-state index in [1.54, 1.807) is 30.3 Å². The molecule has 2 aromatic rings. The molecule has 2 rings (SSSR count). The molecule has 1 atom stereocenters. The summed E-state index contributed by atoms with van der Waals surface area (Å²) in [7, 11) is 0. The molecule has 1 aromatic carbocycles. The van der Waals surface area contributed by atoms with Gasteiger partial charge in [0.1, 0.15) is 11.8 Å². The standard InChI is InChI=1S/C13H10F3N3O2/c14-13(15,16)12(20)21-11(18)7-19-9(6-17)5-8-3-1-2-4-10(8)19/h1-5,11H,7,18H2. The van der Waals surface area contributed by atoms with Gasteiger partial charge in [0.2, 0.25) is 0 Å². The van der Waals surface area contributed by atoms with Crippen LogP contribution in [0.15, 0.2) is 30.3 Å². The minimum Gasteiger partial charge on any atom is -0.438 e. The van der Waals surface area contributed by atoms with E-state index in [4.69, 9.17) is 11.0 Å². The van der Waals surface area contributed by atoms with Crippen LogP contribution >= 0.6 is 0 Å². The number of rotatable bonds is 3. The van der Waals surface area contributed by atoms with Crippen molar-refractivity contribution in [2.45, 2.75) is 18.9 Å². The monoisotopic (exact) mass is 297 g/mol. The largest absolute Gasteiger partial charge is 0.490 e. The Kier molecular flexibility index (Phi) is 3.86. The number of benzene rings is 1. The predicted octanol–water partition coefficient (Wildman–Crippen LogP) is 1.90. The molecule has 2 N–H and O–H groups in total. The van der Waals surface area contributed by atoms with Gasteiger partial charge in [-0.25, -0.2) is 4.79 Å². The zero-order valence-corrected chi connectivity index (χ0v) is 10.6. The highest BCUT2D eigenvalue weighted by Gasteiger charge is 2.42. The minimum absolute atomic E-state index is 0.217. The number of nitrogens with zero attached hydrogens (tertiary/aromatic N) is 2. The van der Waals surface area contributed by atoms with Crippen LogP contribution in [0.1, 0.15) is 5.69 Å². The first kappa shape index (κ1) is 14.9. The quantitative estimate of drug-likeness (QED) is 0.693. The van der Waals surface area contributed by atoms with Crippen LogP contribution in [0.2, 0.25) is 0 Å². The van der Waals surface area contributed by atoms with Gasteiger partial charge in [-0.2, -0.15) is 18.4 Å². The lowest BCUT2D eigenvalue weighted by atomic mass is 10.2. The molecule has 0 radical (unpaired) electrons. The first-order valence-corrected chi connectivity index (χ1v) is 5.84. The van der Waals surface area contributed by atoms with Crippen molar-refractivity contribution in [1.82, 2.24) is 4.57 Å². The third-order valence-electron chi connectivity index (χ3n) is 2.78. The number of para-hydroxylation sites is 1. The minimum atomic E-state index is -5.10. The van der Waals surface area contributed by atoms with E-state index in [0.717, 1.165) is 5.39 Å². The summed E-state index contributed by atoms with van der Waals surface area (Å²) in [4.78, 5) is 10.7. The predicted molar refractivity (Wildman–Crippen MR) is 66.8 cm³/mol. The second-order valence-corrected chi connectivity index (χ2v) is 4.25. The van der Waals surface area contributed by atoms with Gasteiger partial charge < -0.3 is 9.30 Å². The highest BCUT2D eigenvalue weighted by atomic mass is 19.4. The molecule has 0 spiro atoms. The van der Waals surface area contributed by atoms with E-state index in [-0.39, 0.29) is 12.2 Å². The number of halogens is 3. The number of fused-ring (bicyclic) bond motifs is 1. The van der Waals surface area contributed by atoms with E-state index in [2.05, 4.69) is 4.74 Å². The second kappa shape index (κ2) is 5.46. The van der Waals surface area contributed by atoms with E-state index in [1.165, 1.54) is 4.57 Å². The molecular formula is C13H10F3N3O2. The summed E-state index contributed by atoms with van der Waals surface area (Å²) in [6, 6.07) is 10.4. The average molecular weight is 297 g/mol. The number of nitriles is 1. The molecule has 0 aliphatic rings. The third kappa shape index (κ3) is 3.14. The summed E-state index contributed by atoms with van der Waals surface area (Å²) < 4.78 is 41.8. The lowest BCUT2D eigenvalue weighted by molar-refractivity contribution is -0.205. The van der Waals surface area contributed by atoms with Crippen LogP contribution in [-0.2, 0) is 16.1 Å². The summed E-state index contributed by atoms with van der Waals surface area (Å²) in [6.07, 6.45) is -6.61. The van der Waals surface area contributed by atoms with Crippen LogP contribution in [0, 0.1) is 11.3 Å². The number of aromatic nitrogens is 1. The maximum absolute atomic E-state index is 12.1. The number of hydrogen-bond acceptors (Lipinski definition) is 4. The SMILES string of the molecule is N#Cc1cc2ccccc2n1CC(N)OC(=O)C(F)(F)F. The lowest BCUT2D eigenvalue weighted by Crippen LogP contribution is -2.37. The zero-order valence-electron chi connectivity index (χ0n) is 10.6. The number of carbonyl (C=O) groups is 1. The Balaban J connectivity index is 2.24. The molecule has 110 valence electrons. The molecule has 0 aliphatic carbocycles. The first-order chi connectivity index (χ1) is 9.82. The number of alkyl halides is 3. The van der Waals surface area contributed by atoms with Crippen molar-refractivity contribution in [3.05, 3.63) is 36.0 Å². The van der Waals surface area contributed by atoms with Crippen LogP contribution in [0.3, 0.4) is 0 Å². The summed E-state index contributed by atoms with van der Waals surface area (Å²) in [5, 5.41) is 9.78. The molecule has 0 saturated heterocycles. The molecule has 1 heterocycles. The van der Waals surface area contributed by atoms with Crippen LogP contribution in [0.4, 0.5) is 13.2 Å². The van der Waals surface area contributed by atoms with Crippen molar-refractivity contribution < 1.29 is 22.7 Å². The fourth-order valence-electron chi connectivity index (χ4n) is 1.92. The van der Waals surface area contributed by atoms with Crippen molar-refractivity contribution in [2.75, 3.05) is 0 Å². The highest BCUT2D eigenvalue weighted by Crippen LogP contribution is 2.21. The number of ether oxygens (including phenoxy) is 1. The maximum Gasteiger partial charge on any atom is 0.490 e. The topological polar surface area (TPSA) is 81.0 Å². The average Bonchev–Trinajstić information content (AvgIpc) is 2.76. The normalized spacial score (nSPS) is 12.9. The molecule has 1 aromatic heterocycles. The van der Waals surface area contributed by atoms with E-state index in [0.29, 0.717) is 5.52 Å². The van der Waals surface area contributed by atoms with Crippen LogP contribution in [0.5, 0.6) is 0 Å². The Morgan fingerprint density at radius 1 is 1.43 bits per heavy atom. The van der Waals surface area contributed by atoms with Crippen molar-refractivity contribution >= 4 is 16.9 Å². The van der Waals surface area contributed by atoms with Crippen LogP contribution in [-0.4, -0.2) is 22.9 Å². The maximum atomic E-state index is 12.1. The Morgan fingerprint density at radius 2 is 2.10 bits per heavy atom. The van der Waals surface area contributed by atoms with Crippen molar-refractivity contribution in [1.29, 1.82) is 5.26 Å². The van der Waals surface area contributed by atoms with E-state index < -0.39 is 18.4 Å². The molecule has 21 heavy (non-hydrogen) atoms. The fourth-order valence-corrected chi connectivity index (χ4v) is 1.92. The summed E-state index contributed by atoms with van der Waals surface area (Å²) in [6.45, 7) is -0.252. The fraction of sp³-hybridized carbons (Fsp3) is 0.231. The van der Waals surface area contributed by atoms with Crippen molar-refractivity contribution in [3.8, 4) is 6.07 Å². The van der Waals surface area contributed by atoms with E-state index >= 15 is 0 Å². The smallest absolute Gasteiger partial charge is 0.438 e. The van der Waals surface area contributed by atoms with E-state index in [1.807, 2.05) is 6.07 Å². The molecule has 0 amide bonds. The number of hydrogen-bond donors (Lipinski definition) is 1. The van der Waals surface area contributed by atoms with Gasteiger partial charge in [0, 0.05) is 10.9 Å². The first-order valence-electron chi connectivity index (χ1n) is 5.84. The van der Waals surface area contributed by atoms with Crippen molar-refractivity contribution in [2.24, 2.45) is 5.73 Å². The number of carbonyl (C=O) groups excluding carboxylic acids is 1. The van der Waals surface area contributed by atoms with Gasteiger partial charge >= 0.3 is 12.1 Å². The van der Waals surface area contributed by atoms with Gasteiger partial charge in [0.25, 0.3) is 0 Å². The van der Waals surface area contributed by atoms with Gasteiger partial charge in [-0.05, 0) is 12.1 Å². The van der Waals surface area contributed by atoms with Gasteiger partial charge in [-0.15, -0.1) is 0 Å².